The minimum atomic E-state index is -2.53. The molecule has 5 nitrogen and oxygen atoms in total. The molecular formula is C28H35NO4Si. The van der Waals surface area contributed by atoms with Crippen LogP contribution >= 0.6 is 0 Å². The van der Waals surface area contributed by atoms with Gasteiger partial charge in [0.05, 0.1) is 19.8 Å². The van der Waals surface area contributed by atoms with E-state index in [1.54, 1.807) is 0 Å². The summed E-state index contributed by atoms with van der Waals surface area (Å²) in [4.78, 5) is 11.1. The van der Waals surface area contributed by atoms with Gasteiger partial charge in [0.25, 0.3) is 8.32 Å². The summed E-state index contributed by atoms with van der Waals surface area (Å²) in [6, 6.07) is 28.5. The number of nitrogens with one attached hydrogen (secondary N) is 1. The fraction of sp³-hybridized carbons (Fsp3) is 0.321. The first-order valence-electron chi connectivity index (χ1n) is 11.7. The van der Waals surface area contributed by atoms with Crippen LogP contribution < -0.4 is 20.4 Å². The van der Waals surface area contributed by atoms with E-state index in [2.05, 4.69) is 74.6 Å². The molecule has 0 saturated heterocycles. The Morgan fingerprint density at radius 3 is 1.79 bits per heavy atom. The van der Waals surface area contributed by atoms with Crippen LogP contribution in [0.15, 0.2) is 84.9 Å². The van der Waals surface area contributed by atoms with Crippen molar-refractivity contribution in [1.82, 2.24) is 0 Å². The lowest BCUT2D eigenvalue weighted by Gasteiger charge is -2.43. The summed E-state index contributed by atoms with van der Waals surface area (Å²) in [6.45, 7) is 10.2. The Balaban J connectivity index is 1.56. The molecule has 3 aromatic rings. The molecule has 3 rings (SSSR count). The van der Waals surface area contributed by atoms with E-state index in [0.29, 0.717) is 26.4 Å². The summed E-state index contributed by atoms with van der Waals surface area (Å²) in [5.41, 5.74) is 0.747. The van der Waals surface area contributed by atoms with Crippen LogP contribution in [0.5, 0.6) is 5.75 Å². The molecule has 0 aliphatic heterocycles. The number of hydrogen-bond acceptors (Lipinski definition) is 4. The van der Waals surface area contributed by atoms with Crippen LogP contribution in [-0.4, -0.2) is 40.7 Å². The molecule has 0 saturated carbocycles. The number of amides is 1. The molecule has 180 valence electrons. The summed E-state index contributed by atoms with van der Waals surface area (Å²) in [7, 11) is -2.53. The predicted octanol–water partition coefficient (Wildman–Crippen LogP) is 4.62. The van der Waals surface area contributed by atoms with E-state index < -0.39 is 8.32 Å². The SMILES string of the molecule is CC(=O)Nc1ccc(OCCOCCO[Si](c2ccccc2)(c2ccccc2)C(C)(C)C)cc1. The van der Waals surface area contributed by atoms with Crippen LogP contribution in [0, 0.1) is 0 Å². The second-order valence-corrected chi connectivity index (χ2v) is 13.5. The highest BCUT2D eigenvalue weighted by Crippen LogP contribution is 2.36. The molecule has 1 amide bonds. The average Bonchev–Trinajstić information content (AvgIpc) is 2.82. The Bertz CT molecular complexity index is 978. The molecule has 1 N–H and O–H groups in total. The molecule has 0 atom stereocenters. The first-order chi connectivity index (χ1) is 16.3. The molecular weight excluding hydrogens is 442 g/mol. The number of anilines is 1. The van der Waals surface area contributed by atoms with Crippen LogP contribution in [-0.2, 0) is 14.0 Å². The normalized spacial score (nSPS) is 11.8. The van der Waals surface area contributed by atoms with Gasteiger partial charge in [0, 0.05) is 12.6 Å². The summed E-state index contributed by atoms with van der Waals surface area (Å²) in [5, 5.41) is 5.21. The first-order valence-corrected chi connectivity index (χ1v) is 13.6. The predicted molar refractivity (Wildman–Crippen MR) is 141 cm³/mol. The maximum atomic E-state index is 11.1. The van der Waals surface area contributed by atoms with E-state index in [1.165, 1.54) is 17.3 Å². The molecule has 3 aromatic carbocycles. The van der Waals surface area contributed by atoms with Crippen LogP contribution in [0.25, 0.3) is 0 Å². The van der Waals surface area contributed by atoms with Crippen molar-refractivity contribution in [2.75, 3.05) is 31.7 Å². The summed E-state index contributed by atoms with van der Waals surface area (Å²) < 4.78 is 18.4. The van der Waals surface area contributed by atoms with Gasteiger partial charge in [-0.05, 0) is 39.7 Å². The highest BCUT2D eigenvalue weighted by Gasteiger charge is 2.49. The summed E-state index contributed by atoms with van der Waals surface area (Å²) >= 11 is 0. The van der Waals surface area contributed by atoms with Gasteiger partial charge in [-0.2, -0.15) is 0 Å². The van der Waals surface area contributed by atoms with Crippen LogP contribution in [0.4, 0.5) is 5.69 Å². The molecule has 0 bridgehead atoms. The Kier molecular flexibility index (Phi) is 9.04. The molecule has 0 fully saturated rings. The number of ether oxygens (including phenoxy) is 2. The van der Waals surface area contributed by atoms with E-state index in [9.17, 15) is 4.79 Å². The van der Waals surface area contributed by atoms with E-state index >= 15 is 0 Å². The zero-order chi connectivity index (χ0) is 24.4. The maximum Gasteiger partial charge on any atom is 0.261 e. The van der Waals surface area contributed by atoms with Gasteiger partial charge in [0.2, 0.25) is 5.91 Å². The lowest BCUT2D eigenvalue weighted by molar-refractivity contribution is -0.114. The van der Waals surface area contributed by atoms with Crippen molar-refractivity contribution in [3.63, 3.8) is 0 Å². The van der Waals surface area contributed by atoms with Crippen molar-refractivity contribution in [3.8, 4) is 5.75 Å². The third-order valence-electron chi connectivity index (χ3n) is 5.63. The second-order valence-electron chi connectivity index (χ2n) is 9.18. The molecule has 6 heteroatoms. The Morgan fingerprint density at radius 2 is 1.29 bits per heavy atom. The van der Waals surface area contributed by atoms with Gasteiger partial charge in [-0.15, -0.1) is 0 Å². The van der Waals surface area contributed by atoms with Crippen LogP contribution in [0.1, 0.15) is 27.7 Å². The van der Waals surface area contributed by atoms with Crippen molar-refractivity contribution in [2.24, 2.45) is 0 Å². The minimum absolute atomic E-state index is 0.0533. The van der Waals surface area contributed by atoms with E-state index in [4.69, 9.17) is 13.9 Å². The third-order valence-corrected chi connectivity index (χ3v) is 10.7. The number of benzene rings is 3. The van der Waals surface area contributed by atoms with Crippen molar-refractivity contribution >= 4 is 30.3 Å². The van der Waals surface area contributed by atoms with E-state index in [1.807, 2.05) is 36.4 Å². The molecule has 0 heterocycles. The van der Waals surface area contributed by atoms with Gasteiger partial charge in [-0.1, -0.05) is 81.4 Å². The largest absolute Gasteiger partial charge is 0.491 e. The highest BCUT2D eigenvalue weighted by molar-refractivity contribution is 6.99. The molecule has 0 aliphatic carbocycles. The smallest absolute Gasteiger partial charge is 0.261 e. The summed E-state index contributed by atoms with van der Waals surface area (Å²) in [6.07, 6.45) is 0. The van der Waals surface area contributed by atoms with Gasteiger partial charge in [-0.3, -0.25) is 4.79 Å². The third kappa shape index (κ3) is 6.56. The molecule has 0 radical (unpaired) electrons. The van der Waals surface area contributed by atoms with E-state index in [0.717, 1.165) is 11.4 Å². The van der Waals surface area contributed by atoms with Gasteiger partial charge >= 0.3 is 0 Å². The van der Waals surface area contributed by atoms with E-state index in [-0.39, 0.29) is 10.9 Å². The molecule has 0 aromatic heterocycles. The second kappa shape index (κ2) is 12.0. The number of carbonyl (C=O) groups excluding carboxylic acids is 1. The molecule has 0 aliphatic rings. The minimum Gasteiger partial charge on any atom is -0.491 e. The zero-order valence-electron chi connectivity index (χ0n) is 20.5. The number of carbonyl (C=O) groups is 1. The van der Waals surface area contributed by atoms with Gasteiger partial charge in [0.15, 0.2) is 0 Å². The highest BCUT2D eigenvalue weighted by atomic mass is 28.4. The number of hydrogen-bond donors (Lipinski definition) is 1. The fourth-order valence-corrected chi connectivity index (χ4v) is 8.72. The maximum absolute atomic E-state index is 11.1. The van der Waals surface area contributed by atoms with Crippen molar-refractivity contribution in [3.05, 3.63) is 84.9 Å². The fourth-order valence-electron chi connectivity index (χ4n) is 4.17. The Labute approximate surface area is 204 Å². The summed E-state index contributed by atoms with van der Waals surface area (Å²) in [5.74, 6) is 0.642. The monoisotopic (exact) mass is 477 g/mol. The topological polar surface area (TPSA) is 56.8 Å². The van der Waals surface area contributed by atoms with Crippen LogP contribution in [0.2, 0.25) is 5.04 Å². The van der Waals surface area contributed by atoms with Crippen molar-refractivity contribution in [2.45, 2.75) is 32.7 Å². The van der Waals surface area contributed by atoms with Crippen molar-refractivity contribution in [1.29, 1.82) is 0 Å². The molecule has 0 spiro atoms. The van der Waals surface area contributed by atoms with Gasteiger partial charge < -0.3 is 19.2 Å². The number of rotatable bonds is 11. The van der Waals surface area contributed by atoms with Gasteiger partial charge in [-0.25, -0.2) is 0 Å². The first kappa shape index (κ1) is 25.7. The van der Waals surface area contributed by atoms with Crippen LogP contribution in [0.3, 0.4) is 0 Å². The van der Waals surface area contributed by atoms with Gasteiger partial charge in [0.1, 0.15) is 12.4 Å². The average molecular weight is 478 g/mol. The Morgan fingerprint density at radius 1 is 0.765 bits per heavy atom. The lowest BCUT2D eigenvalue weighted by atomic mass is 10.2. The molecule has 0 unspecified atom stereocenters. The molecule has 34 heavy (non-hydrogen) atoms. The quantitative estimate of drug-likeness (QED) is 0.324. The Hall–Kier alpha value is -2.93. The standard InChI is InChI=1S/C28H35NO4Si/c1-23(30)29-24-15-17-25(18-16-24)32-21-19-31-20-22-33-34(28(2,3)4,26-11-7-5-8-12-26)27-13-9-6-10-14-27/h5-18H,19-22H2,1-4H3,(H,29,30). The van der Waals surface area contributed by atoms with Crippen molar-refractivity contribution < 1.29 is 18.7 Å². The lowest BCUT2D eigenvalue weighted by Crippen LogP contribution is -2.66. The zero-order valence-corrected chi connectivity index (χ0v) is 21.5.